The van der Waals surface area contributed by atoms with Crippen molar-refractivity contribution in [3.8, 4) is 0 Å². The summed E-state index contributed by atoms with van der Waals surface area (Å²) in [5.74, 6) is 0. The Kier molecular flexibility index (Phi) is 4.74. The van der Waals surface area contributed by atoms with Crippen molar-refractivity contribution in [2.24, 2.45) is 0 Å². The maximum atomic E-state index is 4.31. The molecule has 3 nitrogen and oxygen atoms in total. The van der Waals surface area contributed by atoms with Crippen LogP contribution in [0.5, 0.6) is 0 Å². The van der Waals surface area contributed by atoms with Gasteiger partial charge in [-0.1, -0.05) is 24.3 Å². The first kappa shape index (κ1) is 13.8. The fourth-order valence-electron chi connectivity index (χ4n) is 2.21. The maximum absolute atomic E-state index is 4.31. The first-order valence-corrected chi connectivity index (χ1v) is 7.01. The van der Waals surface area contributed by atoms with Crippen LogP contribution in [0.3, 0.4) is 0 Å². The fraction of sp³-hybridized carbons (Fsp3) is 0.438. The molecule has 0 radical (unpaired) electrons. The molecule has 1 unspecified atom stereocenters. The lowest BCUT2D eigenvalue weighted by molar-refractivity contribution is 0.574. The summed E-state index contributed by atoms with van der Waals surface area (Å²) in [6.45, 7) is 8.38. The van der Waals surface area contributed by atoms with Gasteiger partial charge < -0.3 is 5.32 Å². The van der Waals surface area contributed by atoms with Gasteiger partial charge in [0.2, 0.25) is 0 Å². The molecule has 3 heteroatoms. The Labute approximate surface area is 115 Å². The van der Waals surface area contributed by atoms with Gasteiger partial charge in [0.05, 0.1) is 6.20 Å². The van der Waals surface area contributed by atoms with Crippen LogP contribution in [-0.4, -0.2) is 16.3 Å². The summed E-state index contributed by atoms with van der Waals surface area (Å²) in [5, 5.41) is 7.87. The molecule has 0 saturated heterocycles. The van der Waals surface area contributed by atoms with Gasteiger partial charge in [-0.25, -0.2) is 0 Å². The van der Waals surface area contributed by atoms with Gasteiger partial charge >= 0.3 is 0 Å². The van der Waals surface area contributed by atoms with Gasteiger partial charge in [-0.2, -0.15) is 5.10 Å². The van der Waals surface area contributed by atoms with E-state index in [9.17, 15) is 0 Å². The van der Waals surface area contributed by atoms with Crippen molar-refractivity contribution in [1.29, 1.82) is 0 Å². The zero-order valence-corrected chi connectivity index (χ0v) is 12.1. The number of nitrogens with one attached hydrogen (secondary N) is 1. The molecule has 0 saturated carbocycles. The Balaban J connectivity index is 1.84. The number of nitrogens with zero attached hydrogens (tertiary/aromatic N) is 2. The summed E-state index contributed by atoms with van der Waals surface area (Å²) in [5.41, 5.74) is 4.05. The van der Waals surface area contributed by atoms with Gasteiger partial charge in [0.25, 0.3) is 0 Å². The molecule has 1 aromatic carbocycles. The monoisotopic (exact) mass is 257 g/mol. The highest BCUT2D eigenvalue weighted by Crippen LogP contribution is 2.12. The van der Waals surface area contributed by atoms with Gasteiger partial charge in [-0.15, -0.1) is 0 Å². The van der Waals surface area contributed by atoms with Crippen molar-refractivity contribution in [2.75, 3.05) is 6.54 Å². The number of rotatable bonds is 6. The Hall–Kier alpha value is -1.61. The van der Waals surface area contributed by atoms with Gasteiger partial charge in [0, 0.05) is 24.3 Å². The highest BCUT2D eigenvalue weighted by Gasteiger charge is 2.07. The summed E-state index contributed by atoms with van der Waals surface area (Å²) in [6, 6.07) is 8.93. The molecular weight excluding hydrogens is 234 g/mol. The Morgan fingerprint density at radius 2 is 2.11 bits per heavy atom. The number of hydrogen-bond donors (Lipinski definition) is 1. The lowest BCUT2D eigenvalue weighted by Crippen LogP contribution is -2.21. The van der Waals surface area contributed by atoms with E-state index < -0.39 is 0 Å². The number of benzene rings is 1. The van der Waals surface area contributed by atoms with Crippen molar-refractivity contribution in [3.63, 3.8) is 0 Å². The van der Waals surface area contributed by atoms with Crippen LogP contribution in [0.4, 0.5) is 0 Å². The van der Waals surface area contributed by atoms with Gasteiger partial charge in [0.1, 0.15) is 0 Å². The average molecular weight is 257 g/mol. The minimum absolute atomic E-state index is 0.351. The van der Waals surface area contributed by atoms with Crippen LogP contribution in [0, 0.1) is 6.92 Å². The first-order chi connectivity index (χ1) is 9.20. The van der Waals surface area contributed by atoms with E-state index in [1.54, 1.807) is 0 Å². The van der Waals surface area contributed by atoms with E-state index in [1.165, 1.54) is 16.7 Å². The Morgan fingerprint density at radius 1 is 1.32 bits per heavy atom. The third-order valence-corrected chi connectivity index (χ3v) is 3.58. The molecule has 0 aliphatic carbocycles. The van der Waals surface area contributed by atoms with Gasteiger partial charge in [0.15, 0.2) is 0 Å². The molecule has 1 aromatic heterocycles. The van der Waals surface area contributed by atoms with E-state index >= 15 is 0 Å². The van der Waals surface area contributed by atoms with Crippen molar-refractivity contribution >= 4 is 0 Å². The van der Waals surface area contributed by atoms with Crippen molar-refractivity contribution < 1.29 is 0 Å². The summed E-state index contributed by atoms with van der Waals surface area (Å²) >= 11 is 0. The molecule has 0 aliphatic rings. The highest BCUT2D eigenvalue weighted by molar-refractivity contribution is 5.25. The minimum atomic E-state index is 0.351. The van der Waals surface area contributed by atoms with Crippen LogP contribution in [0.25, 0.3) is 0 Å². The first-order valence-electron chi connectivity index (χ1n) is 7.01. The number of aryl methyl sites for hydroxylation is 2. The summed E-state index contributed by atoms with van der Waals surface area (Å²) in [6.07, 6.45) is 5.14. The second kappa shape index (κ2) is 6.53. The standard InChI is InChI=1S/C16H23N3/c1-4-19-12-16(11-18-19)14(3)17-10-9-15-8-6-5-7-13(15)2/h5-8,11-12,14,17H,4,9-10H2,1-3H3. The van der Waals surface area contributed by atoms with Crippen LogP contribution in [0.2, 0.25) is 0 Å². The minimum Gasteiger partial charge on any atom is -0.310 e. The lowest BCUT2D eigenvalue weighted by Gasteiger charge is -2.12. The fourth-order valence-corrected chi connectivity index (χ4v) is 2.21. The molecule has 1 N–H and O–H groups in total. The van der Waals surface area contributed by atoms with Gasteiger partial charge in [-0.3, -0.25) is 4.68 Å². The molecule has 1 atom stereocenters. The molecule has 0 fully saturated rings. The molecule has 102 valence electrons. The Bertz CT molecular complexity index is 516. The molecule has 0 amide bonds. The van der Waals surface area contributed by atoms with E-state index in [0.717, 1.165) is 19.5 Å². The average Bonchev–Trinajstić information content (AvgIpc) is 2.90. The smallest absolute Gasteiger partial charge is 0.0537 e. The normalized spacial score (nSPS) is 12.6. The lowest BCUT2D eigenvalue weighted by atomic mass is 10.1. The number of hydrogen-bond acceptors (Lipinski definition) is 2. The molecule has 0 bridgehead atoms. The SMILES string of the molecule is CCn1cc(C(C)NCCc2ccccc2C)cn1. The predicted molar refractivity (Wildman–Crippen MR) is 79.2 cm³/mol. The molecular formula is C16H23N3. The van der Waals surface area contributed by atoms with E-state index in [0.29, 0.717) is 6.04 Å². The van der Waals surface area contributed by atoms with Crippen molar-refractivity contribution in [2.45, 2.75) is 39.8 Å². The van der Waals surface area contributed by atoms with Crippen molar-refractivity contribution in [1.82, 2.24) is 15.1 Å². The molecule has 2 rings (SSSR count). The van der Waals surface area contributed by atoms with E-state index in [4.69, 9.17) is 0 Å². The molecule has 1 heterocycles. The molecule has 0 spiro atoms. The highest BCUT2D eigenvalue weighted by atomic mass is 15.3. The summed E-state index contributed by atoms with van der Waals surface area (Å²) in [4.78, 5) is 0. The van der Waals surface area contributed by atoms with Crippen LogP contribution in [0.15, 0.2) is 36.7 Å². The van der Waals surface area contributed by atoms with Crippen LogP contribution < -0.4 is 5.32 Å². The topological polar surface area (TPSA) is 29.9 Å². The molecule has 2 aromatic rings. The number of aromatic nitrogens is 2. The molecule has 19 heavy (non-hydrogen) atoms. The summed E-state index contributed by atoms with van der Waals surface area (Å²) < 4.78 is 1.97. The van der Waals surface area contributed by atoms with Gasteiger partial charge in [-0.05, 0) is 44.9 Å². The largest absolute Gasteiger partial charge is 0.310 e. The summed E-state index contributed by atoms with van der Waals surface area (Å²) in [7, 11) is 0. The molecule has 0 aliphatic heterocycles. The maximum Gasteiger partial charge on any atom is 0.0537 e. The predicted octanol–water partition coefficient (Wildman–Crippen LogP) is 3.10. The van der Waals surface area contributed by atoms with Crippen LogP contribution >= 0.6 is 0 Å². The van der Waals surface area contributed by atoms with E-state index in [1.807, 2.05) is 10.9 Å². The van der Waals surface area contributed by atoms with E-state index in [-0.39, 0.29) is 0 Å². The zero-order chi connectivity index (χ0) is 13.7. The quantitative estimate of drug-likeness (QED) is 0.861. The Morgan fingerprint density at radius 3 is 2.79 bits per heavy atom. The van der Waals surface area contributed by atoms with Crippen LogP contribution in [0.1, 0.15) is 36.6 Å². The third kappa shape index (κ3) is 3.67. The zero-order valence-electron chi connectivity index (χ0n) is 12.1. The second-order valence-corrected chi connectivity index (χ2v) is 4.98. The van der Waals surface area contributed by atoms with E-state index in [2.05, 4.69) is 61.6 Å². The van der Waals surface area contributed by atoms with Crippen molar-refractivity contribution in [3.05, 3.63) is 53.3 Å². The second-order valence-electron chi connectivity index (χ2n) is 4.98. The van der Waals surface area contributed by atoms with Crippen LogP contribution in [-0.2, 0) is 13.0 Å². The third-order valence-electron chi connectivity index (χ3n) is 3.58.